The minimum atomic E-state index is 0.155. The second kappa shape index (κ2) is 6.07. The third-order valence-electron chi connectivity index (χ3n) is 2.98. The van der Waals surface area contributed by atoms with E-state index in [0.29, 0.717) is 5.13 Å². The first-order valence-corrected chi connectivity index (χ1v) is 6.77. The third-order valence-corrected chi connectivity index (χ3v) is 3.82. The second-order valence-corrected chi connectivity index (χ2v) is 5.34. The molecule has 1 aliphatic rings. The molecule has 1 amide bonds. The standard InChI is InChI=1S/C10H18N6OS/c1-8(17)16-4-2-3-15(5-6-16)7-9-13-14-10(12-11)18-9/h2-7,11H2,1H3,(H,12,14). The number of nitrogens with two attached hydrogens (primary N) is 1. The van der Waals surface area contributed by atoms with Crippen molar-refractivity contribution < 1.29 is 4.79 Å². The average Bonchev–Trinajstić information content (AvgIpc) is 2.66. The molecule has 0 atom stereocenters. The van der Waals surface area contributed by atoms with E-state index in [1.807, 2.05) is 4.90 Å². The summed E-state index contributed by atoms with van der Waals surface area (Å²) >= 11 is 1.46. The largest absolute Gasteiger partial charge is 0.342 e. The van der Waals surface area contributed by atoms with Gasteiger partial charge in [0.1, 0.15) is 5.01 Å². The fourth-order valence-corrected chi connectivity index (χ4v) is 2.70. The molecule has 0 spiro atoms. The first-order chi connectivity index (χ1) is 8.69. The number of hydrogen-bond donors (Lipinski definition) is 2. The molecule has 3 N–H and O–H groups in total. The van der Waals surface area contributed by atoms with Crippen molar-refractivity contribution in [2.75, 3.05) is 31.6 Å². The number of amides is 1. The third kappa shape index (κ3) is 3.37. The molecule has 18 heavy (non-hydrogen) atoms. The van der Waals surface area contributed by atoms with Crippen LogP contribution >= 0.6 is 11.3 Å². The second-order valence-electron chi connectivity index (χ2n) is 4.28. The first-order valence-electron chi connectivity index (χ1n) is 5.96. The number of hydrazine groups is 1. The van der Waals surface area contributed by atoms with Crippen molar-refractivity contribution in [1.82, 2.24) is 20.0 Å². The summed E-state index contributed by atoms with van der Waals surface area (Å²) in [5.41, 5.74) is 2.49. The molecular formula is C10H18N6OS. The molecule has 0 unspecified atom stereocenters. The number of nitrogens with zero attached hydrogens (tertiary/aromatic N) is 4. The van der Waals surface area contributed by atoms with Crippen LogP contribution in [0.4, 0.5) is 5.13 Å². The average molecular weight is 270 g/mol. The molecule has 1 aromatic rings. The van der Waals surface area contributed by atoms with Crippen LogP contribution in [0, 0.1) is 0 Å². The molecule has 8 heteroatoms. The van der Waals surface area contributed by atoms with Gasteiger partial charge in [-0.05, 0) is 6.42 Å². The molecule has 0 aromatic carbocycles. The summed E-state index contributed by atoms with van der Waals surface area (Å²) in [6.45, 7) is 5.89. The van der Waals surface area contributed by atoms with Gasteiger partial charge in [0.15, 0.2) is 0 Å². The van der Waals surface area contributed by atoms with Crippen LogP contribution in [-0.4, -0.2) is 52.1 Å². The van der Waals surface area contributed by atoms with Gasteiger partial charge in [0.25, 0.3) is 0 Å². The molecule has 1 saturated heterocycles. The van der Waals surface area contributed by atoms with Crippen LogP contribution in [0.1, 0.15) is 18.4 Å². The molecule has 0 bridgehead atoms. The maximum atomic E-state index is 11.3. The summed E-state index contributed by atoms with van der Waals surface area (Å²) < 4.78 is 0. The molecule has 0 radical (unpaired) electrons. The zero-order valence-electron chi connectivity index (χ0n) is 10.4. The predicted octanol–water partition coefficient (Wildman–Crippen LogP) is -0.122. The van der Waals surface area contributed by atoms with Crippen LogP contribution in [0.15, 0.2) is 0 Å². The molecule has 7 nitrogen and oxygen atoms in total. The van der Waals surface area contributed by atoms with E-state index in [1.54, 1.807) is 6.92 Å². The lowest BCUT2D eigenvalue weighted by Gasteiger charge is -2.19. The highest BCUT2D eigenvalue weighted by Gasteiger charge is 2.17. The van der Waals surface area contributed by atoms with Gasteiger partial charge >= 0.3 is 0 Å². The van der Waals surface area contributed by atoms with Crippen LogP contribution in [0.5, 0.6) is 0 Å². The number of nitrogens with one attached hydrogen (secondary N) is 1. The van der Waals surface area contributed by atoms with Gasteiger partial charge in [-0.15, -0.1) is 10.2 Å². The van der Waals surface area contributed by atoms with Crippen molar-refractivity contribution in [1.29, 1.82) is 0 Å². The van der Waals surface area contributed by atoms with Gasteiger partial charge in [-0.25, -0.2) is 5.84 Å². The Labute approximate surface area is 110 Å². The molecule has 1 aliphatic heterocycles. The molecule has 2 rings (SSSR count). The maximum Gasteiger partial charge on any atom is 0.219 e. The van der Waals surface area contributed by atoms with E-state index >= 15 is 0 Å². The number of carbonyl (C=O) groups is 1. The van der Waals surface area contributed by atoms with Crippen molar-refractivity contribution in [3.8, 4) is 0 Å². The lowest BCUT2D eigenvalue weighted by molar-refractivity contribution is -0.128. The molecule has 0 saturated carbocycles. The predicted molar refractivity (Wildman–Crippen MR) is 69.9 cm³/mol. The first kappa shape index (κ1) is 13.2. The number of rotatable bonds is 3. The molecule has 0 aliphatic carbocycles. The Morgan fingerprint density at radius 2 is 2.22 bits per heavy atom. The summed E-state index contributed by atoms with van der Waals surface area (Å²) in [6, 6.07) is 0. The summed E-state index contributed by atoms with van der Waals surface area (Å²) in [7, 11) is 0. The fraction of sp³-hybridized carbons (Fsp3) is 0.700. The zero-order valence-corrected chi connectivity index (χ0v) is 11.2. The van der Waals surface area contributed by atoms with Crippen molar-refractivity contribution in [3.05, 3.63) is 5.01 Å². The summed E-state index contributed by atoms with van der Waals surface area (Å²) in [4.78, 5) is 15.5. The summed E-state index contributed by atoms with van der Waals surface area (Å²) in [5.74, 6) is 5.43. The fourth-order valence-electron chi connectivity index (χ4n) is 2.01. The van der Waals surface area contributed by atoms with Gasteiger partial charge in [-0.2, -0.15) is 0 Å². The van der Waals surface area contributed by atoms with E-state index < -0.39 is 0 Å². The number of carbonyl (C=O) groups excluding carboxylic acids is 1. The Hall–Kier alpha value is -1.25. The van der Waals surface area contributed by atoms with E-state index in [4.69, 9.17) is 5.84 Å². The van der Waals surface area contributed by atoms with Crippen LogP contribution in [0.25, 0.3) is 0 Å². The lowest BCUT2D eigenvalue weighted by Crippen LogP contribution is -2.33. The van der Waals surface area contributed by atoms with E-state index in [1.165, 1.54) is 11.3 Å². The number of anilines is 1. The van der Waals surface area contributed by atoms with Gasteiger partial charge in [-0.1, -0.05) is 11.3 Å². The zero-order chi connectivity index (χ0) is 13.0. The van der Waals surface area contributed by atoms with Gasteiger partial charge in [0.2, 0.25) is 11.0 Å². The Bertz CT molecular complexity index is 409. The number of aromatic nitrogens is 2. The molecule has 1 fully saturated rings. The Kier molecular flexibility index (Phi) is 4.45. The normalized spacial score (nSPS) is 17.6. The Balaban J connectivity index is 1.88. The van der Waals surface area contributed by atoms with Gasteiger partial charge in [-0.3, -0.25) is 15.1 Å². The van der Waals surface area contributed by atoms with Crippen molar-refractivity contribution >= 4 is 22.4 Å². The molecular weight excluding hydrogens is 252 g/mol. The Morgan fingerprint density at radius 3 is 2.89 bits per heavy atom. The highest BCUT2D eigenvalue weighted by molar-refractivity contribution is 7.15. The number of hydrogen-bond acceptors (Lipinski definition) is 7. The van der Waals surface area contributed by atoms with Crippen molar-refractivity contribution in [2.24, 2.45) is 5.84 Å². The van der Waals surface area contributed by atoms with Gasteiger partial charge in [0, 0.05) is 33.1 Å². The topological polar surface area (TPSA) is 87.4 Å². The minimum absolute atomic E-state index is 0.155. The van der Waals surface area contributed by atoms with E-state index in [2.05, 4.69) is 20.5 Å². The minimum Gasteiger partial charge on any atom is -0.342 e. The highest BCUT2D eigenvalue weighted by Crippen LogP contribution is 2.16. The maximum absolute atomic E-state index is 11.3. The van der Waals surface area contributed by atoms with Crippen LogP contribution < -0.4 is 11.3 Å². The van der Waals surface area contributed by atoms with E-state index in [0.717, 1.165) is 44.2 Å². The summed E-state index contributed by atoms with van der Waals surface area (Å²) in [5, 5.41) is 9.55. The summed E-state index contributed by atoms with van der Waals surface area (Å²) in [6.07, 6.45) is 1.00. The smallest absolute Gasteiger partial charge is 0.219 e. The lowest BCUT2D eigenvalue weighted by atomic mass is 10.4. The van der Waals surface area contributed by atoms with Crippen LogP contribution in [0.2, 0.25) is 0 Å². The van der Waals surface area contributed by atoms with E-state index in [9.17, 15) is 4.79 Å². The van der Waals surface area contributed by atoms with Gasteiger partial charge < -0.3 is 4.90 Å². The van der Waals surface area contributed by atoms with Crippen molar-refractivity contribution in [3.63, 3.8) is 0 Å². The highest BCUT2D eigenvalue weighted by atomic mass is 32.1. The van der Waals surface area contributed by atoms with Crippen LogP contribution in [-0.2, 0) is 11.3 Å². The monoisotopic (exact) mass is 270 g/mol. The van der Waals surface area contributed by atoms with Crippen molar-refractivity contribution in [2.45, 2.75) is 19.9 Å². The molecule has 2 heterocycles. The van der Waals surface area contributed by atoms with Crippen LogP contribution in [0.3, 0.4) is 0 Å². The Morgan fingerprint density at radius 1 is 1.39 bits per heavy atom. The molecule has 1 aromatic heterocycles. The van der Waals surface area contributed by atoms with Gasteiger partial charge in [0.05, 0.1) is 6.54 Å². The van der Waals surface area contributed by atoms with E-state index in [-0.39, 0.29) is 5.91 Å². The quantitative estimate of drug-likeness (QED) is 0.588. The molecule has 100 valence electrons. The number of nitrogen functional groups attached to an aromatic ring is 1. The SMILES string of the molecule is CC(=O)N1CCCN(Cc2nnc(NN)s2)CC1.